The van der Waals surface area contributed by atoms with Crippen LogP contribution in [0, 0.1) is 5.82 Å². The smallest absolute Gasteiger partial charge is 0.259 e. The molecule has 0 saturated carbocycles. The number of nitrogens with one attached hydrogen (secondary N) is 1. The van der Waals surface area contributed by atoms with Crippen LogP contribution >= 0.6 is 0 Å². The van der Waals surface area contributed by atoms with E-state index in [1.54, 1.807) is 24.3 Å². The molecule has 0 bridgehead atoms. The highest BCUT2D eigenvalue weighted by Gasteiger charge is 2.10. The van der Waals surface area contributed by atoms with Crippen molar-refractivity contribution in [3.63, 3.8) is 0 Å². The molecule has 0 atom stereocenters. The normalized spacial score (nSPS) is 11.7. The third-order valence-corrected chi connectivity index (χ3v) is 3.97. The average molecular weight is 333 g/mol. The number of rotatable bonds is 3. The molecule has 0 aliphatic rings. The topological polar surface area (TPSA) is 106 Å². The molecule has 8 heteroatoms. The lowest BCUT2D eigenvalue weighted by Crippen LogP contribution is -2.14. The van der Waals surface area contributed by atoms with Gasteiger partial charge in [0.1, 0.15) is 11.6 Å². The number of benzene rings is 2. The average Bonchev–Trinajstić information content (AvgIpc) is 2.45. The molecule has 3 N–H and O–H groups in total. The molecule has 0 unspecified atom stereocenters. The number of H-pyrrole nitrogens is 1. The van der Waals surface area contributed by atoms with Crippen LogP contribution in [-0.2, 0) is 15.8 Å². The van der Waals surface area contributed by atoms with Crippen LogP contribution in [0.2, 0.25) is 0 Å². The van der Waals surface area contributed by atoms with Crippen LogP contribution in [0.15, 0.2) is 47.3 Å². The van der Waals surface area contributed by atoms with Gasteiger partial charge in [0.05, 0.1) is 16.7 Å². The summed E-state index contributed by atoms with van der Waals surface area (Å²) in [7, 11) is -3.67. The molecule has 3 rings (SSSR count). The fourth-order valence-corrected chi connectivity index (χ4v) is 2.93. The van der Waals surface area contributed by atoms with Gasteiger partial charge >= 0.3 is 0 Å². The number of sulfonamides is 1. The van der Waals surface area contributed by atoms with E-state index in [9.17, 15) is 17.6 Å². The summed E-state index contributed by atoms with van der Waals surface area (Å²) in [6.45, 7) is 0. The standard InChI is InChI=1S/C15H12FN3O3S/c16-11-4-5-12-13(7-11)18-14(19-15(12)20)10-3-1-2-9(6-10)8-23(17,21)22/h1-7H,8H2,(H2,17,21,22)(H,18,19,20). The zero-order valence-corrected chi connectivity index (χ0v) is 12.6. The summed E-state index contributed by atoms with van der Waals surface area (Å²) in [5.74, 6) is -0.596. The lowest BCUT2D eigenvalue weighted by Gasteiger charge is -2.06. The van der Waals surface area contributed by atoms with E-state index in [0.29, 0.717) is 11.1 Å². The van der Waals surface area contributed by atoms with E-state index in [4.69, 9.17) is 5.14 Å². The Hall–Kier alpha value is -2.58. The molecule has 1 heterocycles. The first-order valence-corrected chi connectivity index (χ1v) is 8.33. The first-order chi connectivity index (χ1) is 10.8. The molecule has 3 aromatic rings. The summed E-state index contributed by atoms with van der Waals surface area (Å²) in [6.07, 6.45) is 0. The number of aromatic amines is 1. The number of hydrogen-bond donors (Lipinski definition) is 2. The Balaban J connectivity index is 2.13. The van der Waals surface area contributed by atoms with Gasteiger partial charge in [-0.3, -0.25) is 4.79 Å². The molecular formula is C15H12FN3O3S. The van der Waals surface area contributed by atoms with Crippen molar-refractivity contribution < 1.29 is 12.8 Å². The Morgan fingerprint density at radius 2 is 1.96 bits per heavy atom. The monoisotopic (exact) mass is 333 g/mol. The number of nitrogens with two attached hydrogens (primary N) is 1. The van der Waals surface area contributed by atoms with Crippen molar-refractivity contribution in [3.05, 3.63) is 64.2 Å². The molecule has 2 aromatic carbocycles. The van der Waals surface area contributed by atoms with Crippen LogP contribution in [-0.4, -0.2) is 18.4 Å². The van der Waals surface area contributed by atoms with Crippen molar-refractivity contribution in [3.8, 4) is 11.4 Å². The zero-order chi connectivity index (χ0) is 16.6. The summed E-state index contributed by atoms with van der Waals surface area (Å²) in [6, 6.07) is 10.2. The van der Waals surface area contributed by atoms with Gasteiger partial charge < -0.3 is 4.98 Å². The molecule has 0 aliphatic carbocycles. The molecular weight excluding hydrogens is 321 g/mol. The zero-order valence-electron chi connectivity index (χ0n) is 11.8. The number of nitrogens with zero attached hydrogens (tertiary/aromatic N) is 1. The second kappa shape index (κ2) is 5.56. The van der Waals surface area contributed by atoms with Crippen LogP contribution < -0.4 is 10.7 Å². The van der Waals surface area contributed by atoms with Crippen LogP contribution in [0.25, 0.3) is 22.3 Å². The highest BCUT2D eigenvalue weighted by atomic mass is 32.2. The molecule has 0 saturated heterocycles. The summed E-state index contributed by atoms with van der Waals surface area (Å²) in [4.78, 5) is 18.9. The molecule has 118 valence electrons. The molecule has 6 nitrogen and oxygen atoms in total. The minimum Gasteiger partial charge on any atom is -0.306 e. The predicted octanol–water partition coefficient (Wildman–Crippen LogP) is 1.52. The molecule has 0 spiro atoms. The molecule has 0 fully saturated rings. The maximum Gasteiger partial charge on any atom is 0.259 e. The van der Waals surface area contributed by atoms with Gasteiger partial charge in [0.2, 0.25) is 10.0 Å². The summed E-state index contributed by atoms with van der Waals surface area (Å²) < 4.78 is 35.7. The Labute approximate surface area is 130 Å². The van der Waals surface area contributed by atoms with E-state index in [2.05, 4.69) is 9.97 Å². The van der Waals surface area contributed by atoms with Crippen molar-refractivity contribution in [1.29, 1.82) is 0 Å². The highest BCUT2D eigenvalue weighted by molar-refractivity contribution is 7.88. The largest absolute Gasteiger partial charge is 0.306 e. The quantitative estimate of drug-likeness (QED) is 0.758. The van der Waals surface area contributed by atoms with Gasteiger partial charge in [0, 0.05) is 11.6 Å². The van der Waals surface area contributed by atoms with Crippen LogP contribution in [0.3, 0.4) is 0 Å². The van der Waals surface area contributed by atoms with Crippen molar-refractivity contribution >= 4 is 20.9 Å². The van der Waals surface area contributed by atoms with Crippen LogP contribution in [0.1, 0.15) is 5.56 Å². The van der Waals surface area contributed by atoms with Gasteiger partial charge in [-0.25, -0.2) is 22.9 Å². The highest BCUT2D eigenvalue weighted by Crippen LogP contribution is 2.19. The predicted molar refractivity (Wildman–Crippen MR) is 84.6 cm³/mol. The van der Waals surface area contributed by atoms with Crippen molar-refractivity contribution in [1.82, 2.24) is 9.97 Å². The minimum atomic E-state index is -3.67. The summed E-state index contributed by atoms with van der Waals surface area (Å²) in [5.41, 5.74) is 0.795. The molecule has 23 heavy (non-hydrogen) atoms. The Morgan fingerprint density at radius 3 is 2.70 bits per heavy atom. The third kappa shape index (κ3) is 3.43. The van der Waals surface area contributed by atoms with Crippen LogP contribution in [0.5, 0.6) is 0 Å². The molecule has 0 radical (unpaired) electrons. The fraction of sp³-hybridized carbons (Fsp3) is 0.0667. The van der Waals surface area contributed by atoms with E-state index < -0.39 is 21.4 Å². The number of halogens is 1. The first-order valence-electron chi connectivity index (χ1n) is 6.61. The summed E-state index contributed by atoms with van der Waals surface area (Å²) >= 11 is 0. The molecule has 0 aliphatic heterocycles. The molecule has 0 amide bonds. The van der Waals surface area contributed by atoms with E-state index in [1.807, 2.05) is 0 Å². The lowest BCUT2D eigenvalue weighted by molar-refractivity contribution is 0.597. The second-order valence-electron chi connectivity index (χ2n) is 5.08. The number of primary sulfonamides is 1. The Morgan fingerprint density at radius 1 is 1.17 bits per heavy atom. The van der Waals surface area contributed by atoms with Gasteiger partial charge in [-0.15, -0.1) is 0 Å². The van der Waals surface area contributed by atoms with E-state index in [0.717, 1.165) is 0 Å². The SMILES string of the molecule is NS(=O)(=O)Cc1cccc(-c2nc3cc(F)ccc3c(=O)[nH]2)c1. The maximum atomic E-state index is 13.3. The Bertz CT molecular complexity index is 1060. The third-order valence-electron chi connectivity index (χ3n) is 3.24. The van der Waals surface area contributed by atoms with Crippen molar-refractivity contribution in [2.75, 3.05) is 0 Å². The number of aromatic nitrogens is 2. The lowest BCUT2D eigenvalue weighted by atomic mass is 10.1. The Kier molecular flexibility index (Phi) is 3.70. The number of hydrogen-bond acceptors (Lipinski definition) is 4. The van der Waals surface area contributed by atoms with Gasteiger partial charge in [-0.05, 0) is 23.8 Å². The first kappa shape index (κ1) is 15.3. The number of fused-ring (bicyclic) bond motifs is 1. The van der Waals surface area contributed by atoms with Crippen LogP contribution in [0.4, 0.5) is 4.39 Å². The van der Waals surface area contributed by atoms with E-state index in [-0.39, 0.29) is 22.5 Å². The van der Waals surface area contributed by atoms with Gasteiger partial charge in [-0.1, -0.05) is 18.2 Å². The van der Waals surface area contributed by atoms with Crippen molar-refractivity contribution in [2.45, 2.75) is 5.75 Å². The van der Waals surface area contributed by atoms with Gasteiger partial charge in [-0.2, -0.15) is 0 Å². The van der Waals surface area contributed by atoms with E-state index >= 15 is 0 Å². The summed E-state index contributed by atoms with van der Waals surface area (Å²) in [5, 5.41) is 5.30. The van der Waals surface area contributed by atoms with Gasteiger partial charge in [0.15, 0.2) is 0 Å². The van der Waals surface area contributed by atoms with Crippen molar-refractivity contribution in [2.24, 2.45) is 5.14 Å². The fourth-order valence-electron chi connectivity index (χ4n) is 2.29. The maximum absolute atomic E-state index is 13.3. The minimum absolute atomic E-state index is 0.223. The van der Waals surface area contributed by atoms with E-state index in [1.165, 1.54) is 18.2 Å². The second-order valence-corrected chi connectivity index (χ2v) is 6.70. The van der Waals surface area contributed by atoms with Gasteiger partial charge in [0.25, 0.3) is 5.56 Å². The molecule has 1 aromatic heterocycles.